The van der Waals surface area contributed by atoms with Crippen molar-refractivity contribution >= 4 is 19.9 Å². The highest BCUT2D eigenvalue weighted by atomic mass is 28.4. The van der Waals surface area contributed by atoms with E-state index >= 15 is 0 Å². The molecule has 0 unspecified atom stereocenters. The van der Waals surface area contributed by atoms with Crippen LogP contribution < -0.4 is 4.90 Å². The average Bonchev–Trinajstić information content (AvgIpc) is 2.49. The molecule has 0 aromatic heterocycles. The van der Waals surface area contributed by atoms with Crippen LogP contribution in [0.15, 0.2) is 42.5 Å². The van der Waals surface area contributed by atoms with Gasteiger partial charge in [-0.1, -0.05) is 51.1 Å². The normalized spacial score (nSPS) is 12.6. The zero-order chi connectivity index (χ0) is 18.2. The number of carbonyl (C=O) groups is 1. The van der Waals surface area contributed by atoms with Crippen LogP contribution >= 0.6 is 0 Å². The molecule has 1 aromatic rings. The molecule has 0 spiro atoms. The van der Waals surface area contributed by atoms with E-state index in [4.69, 9.17) is 4.43 Å². The van der Waals surface area contributed by atoms with E-state index in [2.05, 4.69) is 46.0 Å². The summed E-state index contributed by atoms with van der Waals surface area (Å²) in [4.78, 5) is 13.6. The Morgan fingerprint density at radius 2 is 1.71 bits per heavy atom. The minimum atomic E-state index is -1.64. The number of hydrogen-bond donors (Lipinski definition) is 0. The van der Waals surface area contributed by atoms with Gasteiger partial charge in [-0.15, -0.1) is 0 Å². The average molecular weight is 348 g/mol. The quantitative estimate of drug-likeness (QED) is 0.358. The SMILES string of the molecule is CC(=O)N(CC/C=C/CCO[Si](C)(C)C(C)(C)C)c1ccccc1. The van der Waals surface area contributed by atoms with Crippen LogP contribution in [0, 0.1) is 0 Å². The minimum Gasteiger partial charge on any atom is -0.417 e. The van der Waals surface area contributed by atoms with E-state index in [1.54, 1.807) is 6.92 Å². The van der Waals surface area contributed by atoms with Crippen LogP contribution in [0.25, 0.3) is 0 Å². The fourth-order valence-corrected chi connectivity index (χ4v) is 3.18. The Balaban J connectivity index is 2.36. The maximum absolute atomic E-state index is 11.8. The van der Waals surface area contributed by atoms with Crippen molar-refractivity contribution in [3.8, 4) is 0 Å². The Labute approximate surface area is 148 Å². The molecule has 0 aliphatic heterocycles. The molecule has 0 saturated carbocycles. The topological polar surface area (TPSA) is 29.5 Å². The summed E-state index contributed by atoms with van der Waals surface area (Å²) in [5.41, 5.74) is 0.958. The Hall–Kier alpha value is -1.39. The second-order valence-electron chi connectivity index (χ2n) is 7.66. The molecule has 0 fully saturated rings. The number of nitrogens with zero attached hydrogens (tertiary/aromatic N) is 1. The Morgan fingerprint density at radius 3 is 2.25 bits per heavy atom. The van der Waals surface area contributed by atoms with Gasteiger partial charge in [0.1, 0.15) is 0 Å². The Kier molecular flexibility index (Phi) is 7.90. The van der Waals surface area contributed by atoms with Gasteiger partial charge in [0.2, 0.25) is 5.91 Å². The monoisotopic (exact) mass is 347 g/mol. The van der Waals surface area contributed by atoms with E-state index in [0.717, 1.165) is 25.1 Å². The maximum atomic E-state index is 11.8. The first kappa shape index (κ1) is 20.7. The van der Waals surface area contributed by atoms with Gasteiger partial charge < -0.3 is 9.33 Å². The molecule has 0 aliphatic rings. The summed E-state index contributed by atoms with van der Waals surface area (Å²) >= 11 is 0. The number of rotatable bonds is 8. The number of para-hydroxylation sites is 1. The van der Waals surface area contributed by atoms with E-state index in [-0.39, 0.29) is 10.9 Å². The van der Waals surface area contributed by atoms with Crippen molar-refractivity contribution in [2.75, 3.05) is 18.1 Å². The molecular formula is C20H33NO2Si. The van der Waals surface area contributed by atoms with Gasteiger partial charge in [-0.25, -0.2) is 0 Å². The van der Waals surface area contributed by atoms with Gasteiger partial charge >= 0.3 is 0 Å². The zero-order valence-corrected chi connectivity index (χ0v) is 17.1. The first-order valence-corrected chi connectivity index (χ1v) is 11.7. The third kappa shape index (κ3) is 6.61. The fourth-order valence-electron chi connectivity index (χ4n) is 2.11. The van der Waals surface area contributed by atoms with Crippen LogP contribution in [-0.2, 0) is 9.22 Å². The second kappa shape index (κ2) is 9.18. The van der Waals surface area contributed by atoms with Crippen LogP contribution in [0.4, 0.5) is 5.69 Å². The smallest absolute Gasteiger partial charge is 0.223 e. The lowest BCUT2D eigenvalue weighted by Gasteiger charge is -2.36. The van der Waals surface area contributed by atoms with E-state index in [1.807, 2.05) is 35.2 Å². The van der Waals surface area contributed by atoms with Gasteiger partial charge in [-0.3, -0.25) is 4.79 Å². The highest BCUT2D eigenvalue weighted by Crippen LogP contribution is 2.36. The second-order valence-corrected chi connectivity index (χ2v) is 12.5. The van der Waals surface area contributed by atoms with Gasteiger partial charge in [0.15, 0.2) is 8.32 Å². The predicted molar refractivity (Wildman–Crippen MR) is 106 cm³/mol. The molecule has 1 aromatic carbocycles. The van der Waals surface area contributed by atoms with Gasteiger partial charge in [-0.2, -0.15) is 0 Å². The van der Waals surface area contributed by atoms with Crippen molar-refractivity contribution in [3.63, 3.8) is 0 Å². The van der Waals surface area contributed by atoms with Crippen molar-refractivity contribution in [1.29, 1.82) is 0 Å². The summed E-state index contributed by atoms with van der Waals surface area (Å²) in [5.74, 6) is 0.0795. The van der Waals surface area contributed by atoms with Crippen molar-refractivity contribution in [3.05, 3.63) is 42.5 Å². The molecule has 4 heteroatoms. The van der Waals surface area contributed by atoms with Crippen LogP contribution in [0.3, 0.4) is 0 Å². The highest BCUT2D eigenvalue weighted by molar-refractivity contribution is 6.74. The first-order valence-electron chi connectivity index (χ1n) is 8.77. The van der Waals surface area contributed by atoms with Crippen LogP contribution in [-0.4, -0.2) is 27.4 Å². The van der Waals surface area contributed by atoms with Gasteiger partial charge in [0.05, 0.1) is 0 Å². The number of carbonyl (C=O) groups excluding carboxylic acids is 1. The van der Waals surface area contributed by atoms with Crippen molar-refractivity contribution < 1.29 is 9.22 Å². The zero-order valence-electron chi connectivity index (χ0n) is 16.1. The van der Waals surface area contributed by atoms with Crippen molar-refractivity contribution in [1.82, 2.24) is 0 Å². The molecule has 0 saturated heterocycles. The lowest BCUT2D eigenvalue weighted by Crippen LogP contribution is -2.40. The number of amides is 1. The molecule has 3 nitrogen and oxygen atoms in total. The van der Waals surface area contributed by atoms with E-state index in [9.17, 15) is 4.79 Å². The molecule has 0 bridgehead atoms. The Bertz CT molecular complexity index is 532. The molecule has 0 heterocycles. The molecule has 1 amide bonds. The van der Waals surface area contributed by atoms with E-state index in [1.165, 1.54) is 0 Å². The lowest BCUT2D eigenvalue weighted by molar-refractivity contribution is -0.116. The third-order valence-corrected chi connectivity index (χ3v) is 9.23. The largest absolute Gasteiger partial charge is 0.417 e. The summed E-state index contributed by atoms with van der Waals surface area (Å²) < 4.78 is 6.15. The van der Waals surface area contributed by atoms with Gasteiger partial charge in [0.25, 0.3) is 0 Å². The summed E-state index contributed by atoms with van der Waals surface area (Å²) in [7, 11) is -1.64. The molecule has 0 atom stereocenters. The van der Waals surface area contributed by atoms with Gasteiger partial charge in [0, 0.05) is 25.8 Å². The lowest BCUT2D eigenvalue weighted by atomic mass is 10.2. The number of benzene rings is 1. The molecular weight excluding hydrogens is 314 g/mol. The number of anilines is 1. The molecule has 134 valence electrons. The van der Waals surface area contributed by atoms with E-state index < -0.39 is 8.32 Å². The highest BCUT2D eigenvalue weighted by Gasteiger charge is 2.36. The number of hydrogen-bond acceptors (Lipinski definition) is 2. The molecule has 0 aliphatic carbocycles. The standard InChI is InChI=1S/C20H33NO2Si/c1-18(22)21(19-14-10-9-11-15-19)16-12-7-8-13-17-23-24(5,6)20(2,3)4/h7-11,14-15H,12-13,16-17H2,1-6H3/b8-7+. The minimum absolute atomic E-state index is 0.0795. The van der Waals surface area contributed by atoms with E-state index in [0.29, 0.717) is 6.54 Å². The first-order chi connectivity index (χ1) is 11.1. The summed E-state index contributed by atoms with van der Waals surface area (Å²) in [6.45, 7) is 14.4. The van der Waals surface area contributed by atoms with Gasteiger partial charge in [-0.05, 0) is 43.1 Å². The van der Waals surface area contributed by atoms with Crippen molar-refractivity contribution in [2.24, 2.45) is 0 Å². The van der Waals surface area contributed by atoms with Crippen LogP contribution in [0.2, 0.25) is 18.1 Å². The Morgan fingerprint density at radius 1 is 1.12 bits per heavy atom. The summed E-state index contributed by atoms with van der Waals surface area (Å²) in [5, 5.41) is 0.258. The predicted octanol–water partition coefficient (Wildman–Crippen LogP) is 5.40. The van der Waals surface area contributed by atoms with Crippen LogP contribution in [0.5, 0.6) is 0 Å². The summed E-state index contributed by atoms with van der Waals surface area (Å²) in [6, 6.07) is 9.82. The summed E-state index contributed by atoms with van der Waals surface area (Å²) in [6.07, 6.45) is 6.09. The third-order valence-electron chi connectivity index (χ3n) is 4.69. The molecule has 1 rings (SSSR count). The molecule has 0 radical (unpaired) electrons. The molecule has 24 heavy (non-hydrogen) atoms. The maximum Gasteiger partial charge on any atom is 0.223 e. The fraction of sp³-hybridized carbons (Fsp3) is 0.550. The molecule has 0 N–H and O–H groups in total. The van der Waals surface area contributed by atoms with Crippen LogP contribution in [0.1, 0.15) is 40.5 Å². The van der Waals surface area contributed by atoms with Crippen molar-refractivity contribution in [2.45, 2.75) is 58.7 Å².